The van der Waals surface area contributed by atoms with Crippen molar-refractivity contribution in [2.45, 2.75) is 0 Å². The van der Waals surface area contributed by atoms with Crippen molar-refractivity contribution < 1.29 is 14.6 Å². The molecule has 0 amide bonds. The molecule has 4 aromatic rings. The van der Waals surface area contributed by atoms with Gasteiger partial charge >= 0.3 is 0 Å². The van der Waals surface area contributed by atoms with Crippen molar-refractivity contribution in [1.82, 2.24) is 0 Å². The summed E-state index contributed by atoms with van der Waals surface area (Å²) in [6.45, 7) is 0. The van der Waals surface area contributed by atoms with Crippen LogP contribution in [0.25, 0.3) is 44.5 Å². The number of fused-ring (bicyclic) bond motifs is 8. The Kier molecular flexibility index (Phi) is 4.02. The van der Waals surface area contributed by atoms with Gasteiger partial charge in [-0.25, -0.2) is 0 Å². The molecule has 3 nitrogen and oxygen atoms in total. The van der Waals surface area contributed by atoms with Crippen molar-refractivity contribution in [3.05, 3.63) is 78.9 Å². The molecule has 0 bridgehead atoms. The molecule has 0 atom stereocenters. The third-order valence-corrected chi connectivity index (χ3v) is 5.54. The van der Waals surface area contributed by atoms with Crippen molar-refractivity contribution in [2.24, 2.45) is 0 Å². The molecule has 0 heterocycles. The number of methoxy groups -OCH3 is 2. The zero-order valence-electron chi connectivity index (χ0n) is 16.3. The molecule has 0 aromatic heterocycles. The van der Waals surface area contributed by atoms with Crippen molar-refractivity contribution in [1.29, 1.82) is 0 Å². The molecule has 5 rings (SSSR count). The average molecular weight is 380 g/mol. The van der Waals surface area contributed by atoms with Crippen molar-refractivity contribution >= 4 is 0 Å². The lowest BCUT2D eigenvalue weighted by molar-refractivity contribution is 0.415. The molecule has 1 aliphatic carbocycles. The first-order valence-corrected chi connectivity index (χ1v) is 9.49. The first-order valence-electron chi connectivity index (χ1n) is 9.49. The second kappa shape index (κ2) is 6.71. The summed E-state index contributed by atoms with van der Waals surface area (Å²) in [5, 5.41) is 10.3. The summed E-state index contributed by atoms with van der Waals surface area (Å²) in [7, 11) is 3.35. The normalized spacial score (nSPS) is 11.2. The van der Waals surface area contributed by atoms with E-state index < -0.39 is 0 Å². The van der Waals surface area contributed by atoms with Crippen LogP contribution in [0.2, 0.25) is 0 Å². The molecule has 4 aromatic carbocycles. The number of hydrogen-bond acceptors (Lipinski definition) is 3. The smallest absolute Gasteiger partial charge is 0.119 e. The Morgan fingerprint density at radius 1 is 0.483 bits per heavy atom. The molecule has 0 radical (unpaired) electrons. The van der Waals surface area contributed by atoms with Gasteiger partial charge in [-0.3, -0.25) is 0 Å². The van der Waals surface area contributed by atoms with Crippen LogP contribution in [0.4, 0.5) is 0 Å². The summed E-state index contributed by atoms with van der Waals surface area (Å²) in [6.07, 6.45) is 0. The van der Waals surface area contributed by atoms with Gasteiger partial charge in [-0.15, -0.1) is 0 Å². The highest BCUT2D eigenvalue weighted by molar-refractivity contribution is 6.03. The van der Waals surface area contributed by atoms with E-state index in [0.717, 1.165) is 56.0 Å². The fraction of sp³-hybridized carbons (Fsp3) is 0.0769. The molecule has 1 N–H and O–H groups in total. The average Bonchev–Trinajstić information content (AvgIpc) is 2.77. The highest BCUT2D eigenvalue weighted by Gasteiger charge is 2.23. The number of ether oxygens (including phenoxy) is 2. The molecule has 0 spiro atoms. The SMILES string of the molecule is COc1ccc2c(c1)-c1ccccc1-c1ccc(OC)cc1-c1cc(O)ccc1-2. The van der Waals surface area contributed by atoms with Crippen LogP contribution in [0, 0.1) is 0 Å². The number of benzene rings is 4. The fourth-order valence-electron chi connectivity index (χ4n) is 4.16. The van der Waals surface area contributed by atoms with Gasteiger partial charge in [-0.1, -0.05) is 42.5 Å². The lowest BCUT2D eigenvalue weighted by atomic mass is 9.80. The minimum atomic E-state index is 0.237. The zero-order valence-corrected chi connectivity index (χ0v) is 16.3. The van der Waals surface area contributed by atoms with E-state index in [1.165, 1.54) is 0 Å². The maximum absolute atomic E-state index is 10.3. The standard InChI is InChI=1S/C26H20O3/c1-28-17-9-12-23-21-10-7-16(27)13-24(21)26-15-18(29-2)8-11-22(26)19-5-3-4-6-20(19)25(23)14-17/h3-15,27H,1-2H3. The highest BCUT2D eigenvalue weighted by atomic mass is 16.5. The topological polar surface area (TPSA) is 38.7 Å². The number of aromatic hydroxyl groups is 1. The predicted octanol–water partition coefficient (Wildman–Crippen LogP) is 6.39. The number of hydrogen-bond donors (Lipinski definition) is 1. The maximum Gasteiger partial charge on any atom is 0.119 e. The van der Waals surface area contributed by atoms with Gasteiger partial charge in [0.1, 0.15) is 17.2 Å². The highest BCUT2D eigenvalue weighted by Crippen LogP contribution is 2.49. The molecule has 1 aliphatic rings. The van der Waals surface area contributed by atoms with E-state index in [1.54, 1.807) is 20.3 Å². The van der Waals surface area contributed by atoms with E-state index in [2.05, 4.69) is 42.5 Å². The van der Waals surface area contributed by atoms with Gasteiger partial charge < -0.3 is 14.6 Å². The molecule has 29 heavy (non-hydrogen) atoms. The fourth-order valence-corrected chi connectivity index (χ4v) is 4.16. The van der Waals surface area contributed by atoms with Gasteiger partial charge in [0.25, 0.3) is 0 Å². The molecule has 142 valence electrons. The van der Waals surface area contributed by atoms with Crippen LogP contribution in [-0.4, -0.2) is 19.3 Å². The van der Waals surface area contributed by atoms with Gasteiger partial charge in [0.05, 0.1) is 14.2 Å². The predicted molar refractivity (Wildman–Crippen MR) is 117 cm³/mol. The van der Waals surface area contributed by atoms with Crippen molar-refractivity contribution in [2.75, 3.05) is 14.2 Å². The summed E-state index contributed by atoms with van der Waals surface area (Å²) >= 11 is 0. The van der Waals surface area contributed by atoms with Gasteiger partial charge in [0, 0.05) is 0 Å². The van der Waals surface area contributed by atoms with E-state index in [-0.39, 0.29) is 5.75 Å². The van der Waals surface area contributed by atoms with Crippen LogP contribution in [0.5, 0.6) is 17.2 Å². The first kappa shape index (κ1) is 17.4. The van der Waals surface area contributed by atoms with E-state index in [0.29, 0.717) is 0 Å². The lowest BCUT2D eigenvalue weighted by Gasteiger charge is -2.24. The van der Waals surface area contributed by atoms with Crippen LogP contribution in [0.1, 0.15) is 0 Å². The summed E-state index contributed by atoms with van der Waals surface area (Å²) in [5.74, 6) is 1.84. The lowest BCUT2D eigenvalue weighted by Crippen LogP contribution is -1.98. The van der Waals surface area contributed by atoms with E-state index >= 15 is 0 Å². The van der Waals surface area contributed by atoms with Crippen LogP contribution in [0.3, 0.4) is 0 Å². The molecule has 0 fully saturated rings. The minimum Gasteiger partial charge on any atom is -0.508 e. The zero-order chi connectivity index (χ0) is 20.0. The second-order valence-electron chi connectivity index (χ2n) is 7.10. The molecular weight excluding hydrogens is 360 g/mol. The number of phenolic OH excluding ortho intramolecular Hbond substituents is 1. The van der Waals surface area contributed by atoms with E-state index in [4.69, 9.17) is 9.47 Å². The summed E-state index contributed by atoms with van der Waals surface area (Å²) in [6, 6.07) is 26.2. The van der Waals surface area contributed by atoms with Crippen molar-refractivity contribution in [3.8, 4) is 61.8 Å². The Hall–Kier alpha value is -3.72. The Morgan fingerprint density at radius 3 is 1.45 bits per heavy atom. The van der Waals surface area contributed by atoms with Crippen LogP contribution in [0.15, 0.2) is 78.9 Å². The van der Waals surface area contributed by atoms with Gasteiger partial charge in [-0.05, 0) is 80.9 Å². The largest absolute Gasteiger partial charge is 0.508 e. The Morgan fingerprint density at radius 2 is 0.897 bits per heavy atom. The molecular formula is C26H20O3. The molecule has 0 aliphatic heterocycles. The first-order chi connectivity index (χ1) is 14.2. The van der Waals surface area contributed by atoms with Gasteiger partial charge in [0.2, 0.25) is 0 Å². The summed E-state index contributed by atoms with van der Waals surface area (Å²) in [4.78, 5) is 0. The number of rotatable bonds is 2. The van der Waals surface area contributed by atoms with Crippen molar-refractivity contribution in [3.63, 3.8) is 0 Å². The van der Waals surface area contributed by atoms with Crippen LogP contribution in [-0.2, 0) is 0 Å². The quantitative estimate of drug-likeness (QED) is 0.386. The molecule has 3 heteroatoms. The second-order valence-corrected chi connectivity index (χ2v) is 7.10. The Bertz CT molecular complexity index is 1230. The minimum absolute atomic E-state index is 0.237. The van der Waals surface area contributed by atoms with Gasteiger partial charge in [0.15, 0.2) is 0 Å². The molecule has 0 saturated carbocycles. The van der Waals surface area contributed by atoms with Crippen LogP contribution < -0.4 is 9.47 Å². The number of phenols is 1. The van der Waals surface area contributed by atoms with Crippen LogP contribution >= 0.6 is 0 Å². The maximum atomic E-state index is 10.3. The monoisotopic (exact) mass is 380 g/mol. The van der Waals surface area contributed by atoms with E-state index in [1.807, 2.05) is 30.3 Å². The third-order valence-electron chi connectivity index (χ3n) is 5.54. The summed E-state index contributed by atoms with van der Waals surface area (Å²) in [5.41, 5.74) is 8.64. The Labute approximate surface area is 169 Å². The molecule has 0 saturated heterocycles. The molecule has 0 unspecified atom stereocenters. The Balaban J connectivity index is 1.96. The van der Waals surface area contributed by atoms with E-state index in [9.17, 15) is 5.11 Å². The third kappa shape index (κ3) is 2.74. The van der Waals surface area contributed by atoms with Gasteiger partial charge in [-0.2, -0.15) is 0 Å². The summed E-state index contributed by atoms with van der Waals surface area (Å²) < 4.78 is 11.0.